The molecule has 1 aromatic rings. The zero-order valence-electron chi connectivity index (χ0n) is 13.1. The second kappa shape index (κ2) is 7.48. The maximum Gasteiger partial charge on any atom is 0.324 e. The number of thioether (sulfide) groups is 1. The molecule has 2 heterocycles. The highest BCUT2D eigenvalue weighted by atomic mass is 32.2. The molecule has 0 bridgehead atoms. The maximum atomic E-state index is 12.3. The fourth-order valence-electron chi connectivity index (χ4n) is 2.84. The van der Waals surface area contributed by atoms with Gasteiger partial charge >= 0.3 is 6.03 Å². The van der Waals surface area contributed by atoms with E-state index in [1.165, 1.54) is 60.1 Å². The minimum atomic E-state index is -0.352. The molecule has 9 heteroatoms. The van der Waals surface area contributed by atoms with Crippen molar-refractivity contribution < 1.29 is 9.59 Å². The highest BCUT2D eigenvalue weighted by Crippen LogP contribution is 2.31. The number of anilines is 1. The zero-order valence-corrected chi connectivity index (χ0v) is 14.7. The summed E-state index contributed by atoms with van der Waals surface area (Å²) in [4.78, 5) is 25.1. The number of carbonyl (C=O) groups excluding carboxylic acids is 2. The average molecular weight is 355 g/mol. The van der Waals surface area contributed by atoms with Crippen molar-refractivity contribution in [2.45, 2.75) is 54.7 Å². The summed E-state index contributed by atoms with van der Waals surface area (Å²) >= 11 is 2.83. The number of aromatic nitrogens is 2. The Hall–Kier alpha value is -1.35. The lowest BCUT2D eigenvalue weighted by Gasteiger charge is -2.21. The molecule has 7 nitrogen and oxygen atoms in total. The first-order valence-corrected chi connectivity index (χ1v) is 9.69. The Kier molecular flexibility index (Phi) is 5.37. The van der Waals surface area contributed by atoms with Crippen molar-refractivity contribution in [2.24, 2.45) is 0 Å². The number of imide groups is 1. The lowest BCUT2D eigenvalue weighted by atomic mass is 9.96. The van der Waals surface area contributed by atoms with Crippen LogP contribution in [0.25, 0.3) is 0 Å². The number of amides is 3. The molecule has 1 aliphatic heterocycles. The monoisotopic (exact) mass is 355 g/mol. The molecule has 0 radical (unpaired) electrons. The summed E-state index contributed by atoms with van der Waals surface area (Å²) in [6.07, 6.45) is 6.21. The summed E-state index contributed by atoms with van der Waals surface area (Å²) in [7, 11) is 0. The van der Waals surface area contributed by atoms with Gasteiger partial charge in [0.1, 0.15) is 0 Å². The van der Waals surface area contributed by atoms with Crippen molar-refractivity contribution in [1.82, 2.24) is 20.4 Å². The van der Waals surface area contributed by atoms with Gasteiger partial charge in [-0.1, -0.05) is 42.4 Å². The number of rotatable bonds is 5. The van der Waals surface area contributed by atoms with E-state index in [9.17, 15) is 9.59 Å². The van der Waals surface area contributed by atoms with Gasteiger partial charge in [0.15, 0.2) is 4.34 Å². The van der Waals surface area contributed by atoms with Crippen molar-refractivity contribution in [3.05, 3.63) is 0 Å². The van der Waals surface area contributed by atoms with Crippen LogP contribution in [0.2, 0.25) is 0 Å². The summed E-state index contributed by atoms with van der Waals surface area (Å²) in [6.45, 7) is 2.76. The number of hydrogen-bond donors (Lipinski definition) is 2. The smallest absolute Gasteiger partial charge is 0.324 e. The van der Waals surface area contributed by atoms with Gasteiger partial charge in [0.2, 0.25) is 11.0 Å². The van der Waals surface area contributed by atoms with Gasteiger partial charge in [0.05, 0.1) is 5.25 Å². The van der Waals surface area contributed by atoms with Crippen molar-refractivity contribution in [2.75, 3.05) is 18.4 Å². The van der Waals surface area contributed by atoms with Gasteiger partial charge in [-0.25, -0.2) is 4.79 Å². The van der Waals surface area contributed by atoms with Crippen molar-refractivity contribution in [3.63, 3.8) is 0 Å². The largest absolute Gasteiger partial charge is 0.357 e. The highest BCUT2D eigenvalue weighted by Gasteiger charge is 2.30. The first kappa shape index (κ1) is 16.5. The Morgan fingerprint density at radius 3 is 2.87 bits per heavy atom. The molecular formula is C14H21N5O2S2. The molecule has 2 fully saturated rings. The van der Waals surface area contributed by atoms with Crippen LogP contribution in [0.15, 0.2) is 4.34 Å². The van der Waals surface area contributed by atoms with Crippen molar-refractivity contribution >= 4 is 40.2 Å². The fraction of sp³-hybridized carbons (Fsp3) is 0.714. The second-order valence-corrected chi connectivity index (χ2v) is 8.40. The number of nitrogens with one attached hydrogen (secondary N) is 2. The van der Waals surface area contributed by atoms with Crippen molar-refractivity contribution in [3.8, 4) is 0 Å². The average Bonchev–Trinajstić information content (AvgIpc) is 3.16. The van der Waals surface area contributed by atoms with Gasteiger partial charge in [-0.2, -0.15) is 0 Å². The predicted octanol–water partition coefficient (Wildman–Crippen LogP) is 2.32. The summed E-state index contributed by atoms with van der Waals surface area (Å²) in [5.74, 6) is -0.179. The van der Waals surface area contributed by atoms with Crippen LogP contribution < -0.4 is 10.6 Å². The third-order valence-corrected chi connectivity index (χ3v) is 6.11. The Balaban J connectivity index is 1.53. The standard InChI is InChI=1S/C14H21N5O2S2/c1-9(11(20)19-8-7-15-13(19)21)22-14-18-17-12(23-14)16-10-5-3-2-4-6-10/h9-10H,2-8H2,1H3,(H,15,21)(H,16,17). The lowest BCUT2D eigenvalue weighted by molar-refractivity contribution is -0.126. The van der Waals surface area contributed by atoms with Crippen LogP contribution in [0, 0.1) is 0 Å². The van der Waals surface area contributed by atoms with Crippen LogP contribution in [0.3, 0.4) is 0 Å². The summed E-state index contributed by atoms with van der Waals surface area (Å²) < 4.78 is 0.753. The minimum Gasteiger partial charge on any atom is -0.357 e. The number of hydrogen-bond acceptors (Lipinski definition) is 7. The maximum absolute atomic E-state index is 12.3. The highest BCUT2D eigenvalue weighted by molar-refractivity contribution is 8.02. The summed E-state index contributed by atoms with van der Waals surface area (Å²) in [5, 5.41) is 14.9. The van der Waals surface area contributed by atoms with Crippen LogP contribution >= 0.6 is 23.1 Å². The molecule has 1 atom stereocenters. The third-order valence-electron chi connectivity index (χ3n) is 4.09. The number of carbonyl (C=O) groups is 2. The van der Waals surface area contributed by atoms with E-state index < -0.39 is 0 Å². The normalized spacial score (nSPS) is 20.4. The van der Waals surface area contributed by atoms with E-state index in [1.807, 2.05) is 0 Å². The SMILES string of the molecule is CC(Sc1nnc(NC2CCCCC2)s1)C(=O)N1CCNC1=O. The van der Waals surface area contributed by atoms with Gasteiger partial charge in [-0.05, 0) is 19.8 Å². The van der Waals surface area contributed by atoms with Gasteiger partial charge in [0.25, 0.3) is 0 Å². The van der Waals surface area contributed by atoms with E-state index in [1.54, 1.807) is 6.92 Å². The van der Waals surface area contributed by atoms with Crippen molar-refractivity contribution in [1.29, 1.82) is 0 Å². The first-order chi connectivity index (χ1) is 11.1. The molecule has 1 aromatic heterocycles. The molecule has 23 heavy (non-hydrogen) atoms. The van der Waals surface area contributed by atoms with Crippen LogP contribution in [-0.4, -0.2) is 51.4 Å². The molecule has 1 aliphatic carbocycles. The van der Waals surface area contributed by atoms with Crippen LogP contribution in [-0.2, 0) is 4.79 Å². The number of nitrogens with zero attached hydrogens (tertiary/aromatic N) is 3. The molecule has 2 aliphatic rings. The van der Waals surface area contributed by atoms with E-state index >= 15 is 0 Å². The van der Waals surface area contributed by atoms with Gasteiger partial charge in [-0.3, -0.25) is 9.69 Å². The molecule has 0 aromatic carbocycles. The Morgan fingerprint density at radius 1 is 1.39 bits per heavy atom. The lowest BCUT2D eigenvalue weighted by Crippen LogP contribution is -2.38. The van der Waals surface area contributed by atoms with Crippen LogP contribution in [0.1, 0.15) is 39.0 Å². The molecule has 126 valence electrons. The van der Waals surface area contributed by atoms with Crippen LogP contribution in [0.4, 0.5) is 9.93 Å². The van der Waals surface area contributed by atoms with Gasteiger partial charge < -0.3 is 10.6 Å². The first-order valence-electron chi connectivity index (χ1n) is 7.99. The Morgan fingerprint density at radius 2 is 2.17 bits per heavy atom. The zero-order chi connectivity index (χ0) is 16.2. The molecule has 2 N–H and O–H groups in total. The van der Waals surface area contributed by atoms with E-state index in [-0.39, 0.29) is 17.2 Å². The van der Waals surface area contributed by atoms with E-state index in [0.29, 0.717) is 19.1 Å². The van der Waals surface area contributed by atoms with Gasteiger partial charge in [0, 0.05) is 19.1 Å². The Bertz CT molecular complexity index is 573. The molecule has 0 spiro atoms. The third kappa shape index (κ3) is 4.14. The van der Waals surface area contributed by atoms with Gasteiger partial charge in [-0.15, -0.1) is 10.2 Å². The minimum absolute atomic E-state index is 0.179. The van der Waals surface area contributed by atoms with E-state index in [2.05, 4.69) is 20.8 Å². The molecule has 1 saturated carbocycles. The molecule has 3 rings (SSSR count). The topological polar surface area (TPSA) is 87.2 Å². The Labute approximate surface area is 143 Å². The number of urea groups is 1. The molecule has 1 saturated heterocycles. The molecule has 3 amide bonds. The summed E-state index contributed by atoms with van der Waals surface area (Å²) in [5.41, 5.74) is 0. The second-order valence-electron chi connectivity index (χ2n) is 5.83. The molecular weight excluding hydrogens is 334 g/mol. The van der Waals surface area contributed by atoms with Crippen LogP contribution in [0.5, 0.6) is 0 Å². The van der Waals surface area contributed by atoms with E-state index in [0.717, 1.165) is 9.47 Å². The molecule has 1 unspecified atom stereocenters. The quantitative estimate of drug-likeness (QED) is 0.788. The summed E-state index contributed by atoms with van der Waals surface area (Å²) in [6, 6.07) is 0.182. The van der Waals surface area contributed by atoms with E-state index in [4.69, 9.17) is 0 Å². The fourth-order valence-corrected chi connectivity index (χ4v) is 4.88. The predicted molar refractivity (Wildman–Crippen MR) is 90.8 cm³/mol.